The molecule has 1 aromatic carbocycles. The van der Waals surface area contributed by atoms with Crippen LogP contribution in [0, 0.1) is 0 Å². The van der Waals surface area contributed by atoms with Crippen LogP contribution in [-0.4, -0.2) is 30.1 Å². The van der Waals surface area contributed by atoms with Gasteiger partial charge in [-0.05, 0) is 50.9 Å². The van der Waals surface area contributed by atoms with Crippen molar-refractivity contribution in [2.45, 2.75) is 44.3 Å². The summed E-state index contributed by atoms with van der Waals surface area (Å²) in [7, 11) is 0. The second-order valence-corrected chi connectivity index (χ2v) is 6.94. The van der Waals surface area contributed by atoms with Crippen LogP contribution >= 0.6 is 34.8 Å². The van der Waals surface area contributed by atoms with Gasteiger partial charge < -0.3 is 10.2 Å². The molecule has 5 heteroatoms. The van der Waals surface area contributed by atoms with Gasteiger partial charge in [-0.1, -0.05) is 34.8 Å². The highest BCUT2D eigenvalue weighted by Crippen LogP contribution is 2.32. The molecule has 1 aliphatic heterocycles. The van der Waals surface area contributed by atoms with E-state index in [0.717, 1.165) is 11.6 Å². The zero-order chi connectivity index (χ0) is 14.1. The van der Waals surface area contributed by atoms with Crippen molar-refractivity contribution in [2.75, 3.05) is 13.1 Å². The summed E-state index contributed by atoms with van der Waals surface area (Å²) in [5, 5.41) is 5.39. The third kappa shape index (κ3) is 3.42. The number of nitrogens with one attached hydrogen (secondary N) is 1. The van der Waals surface area contributed by atoms with Crippen LogP contribution in [0.1, 0.15) is 31.2 Å². The minimum atomic E-state index is 0.552. The van der Waals surface area contributed by atoms with Gasteiger partial charge in [-0.25, -0.2) is 0 Å². The Morgan fingerprint density at radius 2 is 1.65 bits per heavy atom. The van der Waals surface area contributed by atoms with Crippen molar-refractivity contribution in [3.05, 3.63) is 32.8 Å². The third-order valence-electron chi connectivity index (χ3n) is 4.30. The molecule has 1 saturated carbocycles. The van der Waals surface area contributed by atoms with E-state index in [4.69, 9.17) is 34.8 Å². The lowest BCUT2D eigenvalue weighted by Gasteiger charge is -2.32. The average Bonchev–Trinajstić information content (AvgIpc) is 3.28. The Hall–Kier alpha value is 0.01000. The standard InChI is InChI=1S/C15H19Cl3N2/c16-13-3-4-14(17)15(18)12(13)9-19-10-5-7-20(8-6-10)11-1-2-11/h3-4,10-11,19H,1-2,5-9H2. The fraction of sp³-hybridized carbons (Fsp3) is 0.600. The maximum absolute atomic E-state index is 6.22. The summed E-state index contributed by atoms with van der Waals surface area (Å²) in [6.07, 6.45) is 5.19. The van der Waals surface area contributed by atoms with Crippen molar-refractivity contribution in [1.29, 1.82) is 0 Å². The molecule has 0 unspecified atom stereocenters. The number of piperidine rings is 1. The summed E-state index contributed by atoms with van der Waals surface area (Å²) in [6, 6.07) is 4.98. The van der Waals surface area contributed by atoms with Crippen LogP contribution in [0.3, 0.4) is 0 Å². The Labute approximate surface area is 135 Å². The second-order valence-electron chi connectivity index (χ2n) is 5.74. The molecular formula is C15H19Cl3N2. The van der Waals surface area contributed by atoms with Gasteiger partial charge in [0.2, 0.25) is 0 Å². The second kappa shape index (κ2) is 6.41. The van der Waals surface area contributed by atoms with Crippen molar-refractivity contribution >= 4 is 34.8 Å². The Balaban J connectivity index is 1.53. The minimum absolute atomic E-state index is 0.552. The van der Waals surface area contributed by atoms with Crippen LogP contribution in [0.5, 0.6) is 0 Å². The van der Waals surface area contributed by atoms with Crippen molar-refractivity contribution in [3.63, 3.8) is 0 Å². The van der Waals surface area contributed by atoms with Gasteiger partial charge in [-0.2, -0.15) is 0 Å². The van der Waals surface area contributed by atoms with Gasteiger partial charge in [0.15, 0.2) is 0 Å². The molecule has 1 heterocycles. The Morgan fingerprint density at radius 3 is 2.30 bits per heavy atom. The van der Waals surface area contributed by atoms with Gasteiger partial charge >= 0.3 is 0 Å². The highest BCUT2D eigenvalue weighted by Gasteiger charge is 2.31. The third-order valence-corrected chi connectivity index (χ3v) is 5.50. The molecule has 1 N–H and O–H groups in total. The highest BCUT2D eigenvalue weighted by atomic mass is 35.5. The van der Waals surface area contributed by atoms with Gasteiger partial charge in [0, 0.05) is 29.2 Å². The van der Waals surface area contributed by atoms with E-state index in [1.54, 1.807) is 6.07 Å². The molecule has 2 nitrogen and oxygen atoms in total. The summed E-state index contributed by atoms with van der Waals surface area (Å²) >= 11 is 18.5. The van der Waals surface area contributed by atoms with E-state index in [2.05, 4.69) is 10.2 Å². The SMILES string of the molecule is Clc1ccc(Cl)c(CNC2CCN(C3CC3)CC2)c1Cl. The molecule has 110 valence electrons. The van der Waals surface area contributed by atoms with Gasteiger partial charge in [0.1, 0.15) is 0 Å². The molecule has 0 aromatic heterocycles. The molecule has 2 fully saturated rings. The Morgan fingerprint density at radius 1 is 1.00 bits per heavy atom. The van der Waals surface area contributed by atoms with E-state index in [0.29, 0.717) is 27.7 Å². The summed E-state index contributed by atoms with van der Waals surface area (Å²) in [6.45, 7) is 3.10. The predicted octanol–water partition coefficient (Wildman–Crippen LogP) is 4.36. The first-order valence-electron chi connectivity index (χ1n) is 7.25. The first kappa shape index (κ1) is 14.9. The van der Waals surface area contributed by atoms with Crippen LogP contribution in [0.4, 0.5) is 0 Å². The molecule has 1 saturated heterocycles. The first-order valence-corrected chi connectivity index (χ1v) is 8.38. The molecule has 3 rings (SSSR count). The molecule has 0 atom stereocenters. The summed E-state index contributed by atoms with van der Waals surface area (Å²) < 4.78 is 0. The summed E-state index contributed by atoms with van der Waals surface area (Å²) in [4.78, 5) is 2.62. The van der Waals surface area contributed by atoms with E-state index in [1.165, 1.54) is 38.8 Å². The normalized spacial score (nSPS) is 21.4. The van der Waals surface area contributed by atoms with Crippen molar-refractivity contribution in [2.24, 2.45) is 0 Å². The van der Waals surface area contributed by atoms with Gasteiger partial charge in [-0.3, -0.25) is 0 Å². The molecular weight excluding hydrogens is 315 g/mol. The summed E-state index contributed by atoms with van der Waals surface area (Å²) in [5.41, 5.74) is 0.908. The molecule has 1 aromatic rings. The molecule has 1 aliphatic carbocycles. The van der Waals surface area contributed by atoms with Gasteiger partial charge in [0.25, 0.3) is 0 Å². The maximum Gasteiger partial charge on any atom is 0.0652 e. The largest absolute Gasteiger partial charge is 0.310 e. The van der Waals surface area contributed by atoms with Crippen molar-refractivity contribution < 1.29 is 0 Å². The van der Waals surface area contributed by atoms with Crippen LogP contribution in [0.25, 0.3) is 0 Å². The lowest BCUT2D eigenvalue weighted by atomic mass is 10.0. The van der Waals surface area contributed by atoms with Crippen LogP contribution in [0.15, 0.2) is 12.1 Å². The molecule has 0 radical (unpaired) electrons. The number of halogens is 3. The van der Waals surface area contributed by atoms with Gasteiger partial charge in [0.05, 0.1) is 10.0 Å². The molecule has 2 aliphatic rings. The molecule has 0 amide bonds. The molecule has 0 bridgehead atoms. The highest BCUT2D eigenvalue weighted by molar-refractivity contribution is 6.44. The van der Waals surface area contributed by atoms with E-state index in [1.807, 2.05) is 6.07 Å². The summed E-state index contributed by atoms with van der Waals surface area (Å²) in [5.74, 6) is 0. The Kier molecular flexibility index (Phi) is 4.79. The number of benzene rings is 1. The monoisotopic (exact) mass is 332 g/mol. The average molecular weight is 334 g/mol. The van der Waals surface area contributed by atoms with Crippen molar-refractivity contribution in [1.82, 2.24) is 10.2 Å². The maximum atomic E-state index is 6.22. The lowest BCUT2D eigenvalue weighted by molar-refractivity contribution is 0.189. The van der Waals surface area contributed by atoms with E-state index in [9.17, 15) is 0 Å². The number of nitrogens with zero attached hydrogens (tertiary/aromatic N) is 1. The Bertz CT molecular complexity index is 480. The number of hydrogen-bond acceptors (Lipinski definition) is 2. The number of hydrogen-bond donors (Lipinski definition) is 1. The molecule has 20 heavy (non-hydrogen) atoms. The topological polar surface area (TPSA) is 15.3 Å². The van der Waals surface area contributed by atoms with Crippen molar-refractivity contribution in [3.8, 4) is 0 Å². The smallest absolute Gasteiger partial charge is 0.0652 e. The first-order chi connectivity index (χ1) is 9.65. The predicted molar refractivity (Wildman–Crippen MR) is 85.9 cm³/mol. The van der Waals surface area contributed by atoms with Crippen LogP contribution < -0.4 is 5.32 Å². The van der Waals surface area contributed by atoms with Crippen LogP contribution in [0.2, 0.25) is 15.1 Å². The van der Waals surface area contributed by atoms with Crippen LogP contribution in [-0.2, 0) is 6.54 Å². The van der Waals surface area contributed by atoms with Gasteiger partial charge in [-0.15, -0.1) is 0 Å². The molecule has 0 spiro atoms. The number of likely N-dealkylation sites (tertiary alicyclic amines) is 1. The van der Waals surface area contributed by atoms with E-state index < -0.39 is 0 Å². The van der Waals surface area contributed by atoms with E-state index >= 15 is 0 Å². The van der Waals surface area contributed by atoms with E-state index in [-0.39, 0.29) is 0 Å². The fourth-order valence-corrected chi connectivity index (χ4v) is 3.57. The minimum Gasteiger partial charge on any atom is -0.310 e. The lowest BCUT2D eigenvalue weighted by Crippen LogP contribution is -2.43. The zero-order valence-corrected chi connectivity index (χ0v) is 13.6. The number of rotatable bonds is 4. The quantitative estimate of drug-likeness (QED) is 0.823. The fourth-order valence-electron chi connectivity index (χ4n) is 2.89. The zero-order valence-electron chi connectivity index (χ0n) is 11.3.